The highest BCUT2D eigenvalue weighted by Crippen LogP contribution is 2.26. The zero-order valence-corrected chi connectivity index (χ0v) is 14.3. The summed E-state index contributed by atoms with van der Waals surface area (Å²) in [6, 6.07) is 12.1. The van der Waals surface area contributed by atoms with Crippen molar-refractivity contribution in [1.29, 1.82) is 0 Å². The first-order chi connectivity index (χ1) is 11.4. The van der Waals surface area contributed by atoms with Gasteiger partial charge in [0, 0.05) is 11.3 Å². The molecule has 5 nitrogen and oxygen atoms in total. The third-order valence-electron chi connectivity index (χ3n) is 3.68. The zero-order chi connectivity index (χ0) is 17.7. The molecule has 0 saturated heterocycles. The SMILES string of the molecule is COc1ccc(C)cc1NC(C)C(=O)Nc1ccc(C(C)=O)cc1. The van der Waals surface area contributed by atoms with Crippen LogP contribution in [0.5, 0.6) is 5.75 Å². The van der Waals surface area contributed by atoms with Crippen molar-refractivity contribution < 1.29 is 14.3 Å². The molecule has 0 aliphatic heterocycles. The average molecular weight is 326 g/mol. The van der Waals surface area contributed by atoms with Crippen molar-refractivity contribution in [2.45, 2.75) is 26.8 Å². The van der Waals surface area contributed by atoms with Crippen molar-refractivity contribution in [2.75, 3.05) is 17.7 Å². The fourth-order valence-corrected chi connectivity index (χ4v) is 2.27. The average Bonchev–Trinajstić information content (AvgIpc) is 2.55. The Kier molecular flexibility index (Phi) is 5.58. The number of aryl methyl sites for hydroxylation is 1. The Labute approximate surface area is 142 Å². The van der Waals surface area contributed by atoms with Gasteiger partial charge in [-0.2, -0.15) is 0 Å². The molecule has 24 heavy (non-hydrogen) atoms. The number of carbonyl (C=O) groups excluding carboxylic acids is 2. The van der Waals surface area contributed by atoms with Crippen LogP contribution in [-0.4, -0.2) is 24.8 Å². The number of anilines is 2. The van der Waals surface area contributed by atoms with Crippen LogP contribution in [0.2, 0.25) is 0 Å². The molecule has 0 aliphatic rings. The van der Waals surface area contributed by atoms with Crippen LogP contribution in [0, 0.1) is 6.92 Å². The van der Waals surface area contributed by atoms with Gasteiger partial charge in [0.2, 0.25) is 5.91 Å². The van der Waals surface area contributed by atoms with Crippen LogP contribution in [-0.2, 0) is 4.79 Å². The normalized spacial score (nSPS) is 11.5. The summed E-state index contributed by atoms with van der Waals surface area (Å²) in [4.78, 5) is 23.6. The zero-order valence-electron chi connectivity index (χ0n) is 14.3. The molecule has 2 aromatic carbocycles. The number of methoxy groups -OCH3 is 1. The molecule has 2 aromatic rings. The van der Waals surface area contributed by atoms with E-state index < -0.39 is 6.04 Å². The molecule has 1 atom stereocenters. The predicted molar refractivity (Wildman–Crippen MR) is 95.9 cm³/mol. The van der Waals surface area contributed by atoms with Crippen LogP contribution in [0.4, 0.5) is 11.4 Å². The van der Waals surface area contributed by atoms with Gasteiger partial charge in [0.1, 0.15) is 11.8 Å². The van der Waals surface area contributed by atoms with E-state index >= 15 is 0 Å². The molecular weight excluding hydrogens is 304 g/mol. The van der Waals surface area contributed by atoms with Crippen molar-refractivity contribution in [3.63, 3.8) is 0 Å². The lowest BCUT2D eigenvalue weighted by Crippen LogP contribution is -2.32. The Morgan fingerprint density at radius 2 is 1.75 bits per heavy atom. The largest absolute Gasteiger partial charge is 0.495 e. The Balaban J connectivity index is 2.04. The van der Waals surface area contributed by atoms with Gasteiger partial charge >= 0.3 is 0 Å². The highest BCUT2D eigenvalue weighted by atomic mass is 16.5. The first kappa shape index (κ1) is 17.5. The Morgan fingerprint density at radius 1 is 1.08 bits per heavy atom. The monoisotopic (exact) mass is 326 g/mol. The van der Waals surface area contributed by atoms with Gasteiger partial charge in [0.15, 0.2) is 5.78 Å². The topological polar surface area (TPSA) is 67.4 Å². The number of amides is 1. The van der Waals surface area contributed by atoms with Crippen LogP contribution in [0.25, 0.3) is 0 Å². The minimum atomic E-state index is -0.451. The number of ketones is 1. The third-order valence-corrected chi connectivity index (χ3v) is 3.68. The lowest BCUT2D eigenvalue weighted by Gasteiger charge is -2.18. The number of rotatable bonds is 6. The van der Waals surface area contributed by atoms with E-state index in [0.29, 0.717) is 17.0 Å². The minimum Gasteiger partial charge on any atom is -0.495 e. The first-order valence-corrected chi connectivity index (χ1v) is 7.73. The van der Waals surface area contributed by atoms with Gasteiger partial charge in [0.25, 0.3) is 0 Å². The van der Waals surface area contributed by atoms with E-state index in [4.69, 9.17) is 4.74 Å². The van der Waals surface area contributed by atoms with Crippen molar-refractivity contribution >= 4 is 23.1 Å². The van der Waals surface area contributed by atoms with Gasteiger partial charge < -0.3 is 15.4 Å². The molecule has 0 bridgehead atoms. The van der Waals surface area contributed by atoms with Crippen molar-refractivity contribution in [3.05, 3.63) is 53.6 Å². The molecule has 0 aromatic heterocycles. The first-order valence-electron chi connectivity index (χ1n) is 7.73. The Bertz CT molecular complexity index is 739. The summed E-state index contributed by atoms with van der Waals surface area (Å²) in [5.41, 5.74) is 3.11. The van der Waals surface area contributed by atoms with Crippen LogP contribution in [0.15, 0.2) is 42.5 Å². The quantitative estimate of drug-likeness (QED) is 0.795. The number of benzene rings is 2. The molecule has 0 radical (unpaired) electrons. The van der Waals surface area contributed by atoms with Crippen LogP contribution in [0.3, 0.4) is 0 Å². The van der Waals surface area contributed by atoms with Gasteiger partial charge in [-0.1, -0.05) is 6.07 Å². The molecule has 0 fully saturated rings. The summed E-state index contributed by atoms with van der Waals surface area (Å²) in [7, 11) is 1.59. The number of carbonyl (C=O) groups is 2. The second-order valence-corrected chi connectivity index (χ2v) is 5.69. The van der Waals surface area contributed by atoms with E-state index in [1.807, 2.05) is 25.1 Å². The number of hydrogen-bond acceptors (Lipinski definition) is 4. The molecule has 5 heteroatoms. The number of ether oxygens (including phenoxy) is 1. The molecule has 126 valence electrons. The highest BCUT2D eigenvalue weighted by Gasteiger charge is 2.15. The molecule has 1 unspecified atom stereocenters. The molecule has 2 N–H and O–H groups in total. The minimum absolute atomic E-state index is 0.00514. The molecule has 2 rings (SSSR count). The van der Waals surface area contributed by atoms with E-state index in [2.05, 4.69) is 10.6 Å². The van der Waals surface area contributed by atoms with Gasteiger partial charge in [-0.3, -0.25) is 9.59 Å². The number of Topliss-reactive ketones (excluding diaryl/α,β-unsaturated/α-hetero) is 1. The van der Waals surface area contributed by atoms with Crippen molar-refractivity contribution in [2.24, 2.45) is 0 Å². The summed E-state index contributed by atoms with van der Waals surface area (Å²) < 4.78 is 5.31. The smallest absolute Gasteiger partial charge is 0.246 e. The van der Waals surface area contributed by atoms with E-state index in [1.165, 1.54) is 6.92 Å². The van der Waals surface area contributed by atoms with Crippen molar-refractivity contribution in [3.8, 4) is 5.75 Å². The fraction of sp³-hybridized carbons (Fsp3) is 0.263. The second-order valence-electron chi connectivity index (χ2n) is 5.69. The summed E-state index contributed by atoms with van der Waals surface area (Å²) in [6.07, 6.45) is 0. The number of nitrogens with one attached hydrogen (secondary N) is 2. The molecular formula is C19H22N2O3. The standard InChI is InChI=1S/C19H22N2O3/c1-12-5-10-18(24-4)17(11-12)20-13(2)19(23)21-16-8-6-15(7-9-16)14(3)22/h5-11,13,20H,1-4H3,(H,21,23). The second kappa shape index (κ2) is 7.64. The molecule has 0 saturated carbocycles. The summed E-state index contributed by atoms with van der Waals surface area (Å²) in [6.45, 7) is 5.27. The third kappa shape index (κ3) is 4.35. The summed E-state index contributed by atoms with van der Waals surface area (Å²) in [5.74, 6) is 0.509. The highest BCUT2D eigenvalue weighted by molar-refractivity contribution is 5.98. The molecule has 0 aliphatic carbocycles. The Morgan fingerprint density at radius 3 is 2.33 bits per heavy atom. The maximum absolute atomic E-state index is 12.3. The maximum atomic E-state index is 12.3. The van der Waals surface area contributed by atoms with Gasteiger partial charge in [-0.15, -0.1) is 0 Å². The lowest BCUT2D eigenvalue weighted by atomic mass is 10.1. The van der Waals surface area contributed by atoms with Crippen LogP contribution in [0.1, 0.15) is 29.8 Å². The van der Waals surface area contributed by atoms with E-state index in [1.54, 1.807) is 38.3 Å². The fourth-order valence-electron chi connectivity index (χ4n) is 2.27. The summed E-state index contributed by atoms with van der Waals surface area (Å²) in [5, 5.41) is 5.99. The summed E-state index contributed by atoms with van der Waals surface area (Å²) >= 11 is 0. The maximum Gasteiger partial charge on any atom is 0.246 e. The molecule has 0 spiro atoms. The molecule has 0 heterocycles. The lowest BCUT2D eigenvalue weighted by molar-refractivity contribution is -0.116. The van der Waals surface area contributed by atoms with Gasteiger partial charge in [0.05, 0.1) is 12.8 Å². The van der Waals surface area contributed by atoms with E-state index in [0.717, 1.165) is 11.3 Å². The van der Waals surface area contributed by atoms with E-state index in [-0.39, 0.29) is 11.7 Å². The van der Waals surface area contributed by atoms with Crippen LogP contribution >= 0.6 is 0 Å². The van der Waals surface area contributed by atoms with Crippen molar-refractivity contribution in [1.82, 2.24) is 0 Å². The Hall–Kier alpha value is -2.82. The van der Waals surface area contributed by atoms with E-state index in [9.17, 15) is 9.59 Å². The number of hydrogen-bond donors (Lipinski definition) is 2. The van der Waals surface area contributed by atoms with Crippen LogP contribution < -0.4 is 15.4 Å². The van der Waals surface area contributed by atoms with Gasteiger partial charge in [-0.25, -0.2) is 0 Å². The van der Waals surface area contributed by atoms with Gasteiger partial charge in [-0.05, 0) is 62.7 Å². The molecule has 1 amide bonds. The predicted octanol–water partition coefficient (Wildman–Crippen LogP) is 3.65.